The van der Waals surface area contributed by atoms with Crippen molar-refractivity contribution < 1.29 is 9.53 Å². The van der Waals surface area contributed by atoms with E-state index in [0.717, 1.165) is 40.9 Å². The number of aromatic nitrogens is 2. The van der Waals surface area contributed by atoms with Gasteiger partial charge in [-0.2, -0.15) is 5.10 Å². The molecule has 1 aromatic heterocycles. The van der Waals surface area contributed by atoms with Gasteiger partial charge in [0.05, 0.1) is 18.5 Å². The van der Waals surface area contributed by atoms with Crippen LogP contribution in [0.3, 0.4) is 0 Å². The summed E-state index contributed by atoms with van der Waals surface area (Å²) in [5, 5.41) is 12.3. The predicted molar refractivity (Wildman–Crippen MR) is 131 cm³/mol. The summed E-state index contributed by atoms with van der Waals surface area (Å²) in [6, 6.07) is 16.3. The van der Waals surface area contributed by atoms with Gasteiger partial charge < -0.3 is 15.4 Å². The summed E-state index contributed by atoms with van der Waals surface area (Å²) in [5.74, 6) is 0.967. The first-order valence-corrected chi connectivity index (χ1v) is 10.7. The Morgan fingerprint density at radius 2 is 1.68 bits per heavy atom. The van der Waals surface area contributed by atoms with Crippen LogP contribution in [-0.2, 0) is 16.0 Å². The molecule has 2 N–H and O–H groups in total. The van der Waals surface area contributed by atoms with Crippen molar-refractivity contribution >= 4 is 29.6 Å². The Morgan fingerprint density at radius 1 is 1.10 bits per heavy atom. The third kappa shape index (κ3) is 7.64. The third-order valence-electron chi connectivity index (χ3n) is 4.21. The topological polar surface area (TPSA) is 68.2 Å². The maximum absolute atomic E-state index is 8.95. The lowest BCUT2D eigenvalue weighted by Gasteiger charge is -2.10. The van der Waals surface area contributed by atoms with Crippen molar-refractivity contribution in [1.29, 1.82) is 0 Å². The number of hydrogen-bond donors (Lipinski definition) is 2. The molecule has 0 bridgehead atoms. The lowest BCUT2D eigenvalue weighted by Crippen LogP contribution is -2.07. The molecular weight excluding hydrogens is 412 g/mol. The van der Waals surface area contributed by atoms with E-state index in [1.807, 2.05) is 49.8 Å². The average molecular weight is 445 g/mol. The zero-order valence-corrected chi connectivity index (χ0v) is 20.0. The van der Waals surface area contributed by atoms with Crippen LogP contribution < -0.4 is 10.6 Å². The Labute approximate surface area is 190 Å². The van der Waals surface area contributed by atoms with E-state index in [0.29, 0.717) is 6.47 Å². The van der Waals surface area contributed by atoms with Gasteiger partial charge in [-0.3, -0.25) is 4.79 Å². The van der Waals surface area contributed by atoms with Crippen LogP contribution in [0.5, 0.6) is 0 Å². The molecule has 0 unspecified atom stereocenters. The number of hydrogen-bond acceptors (Lipinski definition) is 5. The molecule has 0 aliphatic heterocycles. The molecule has 0 amide bonds. The normalized spacial score (nSPS) is 9.52. The number of anilines is 2. The lowest BCUT2D eigenvalue weighted by molar-refractivity contribution is -0.126. The summed E-state index contributed by atoms with van der Waals surface area (Å²) in [5.41, 5.74) is 5.52. The van der Waals surface area contributed by atoms with Crippen LogP contribution in [0.1, 0.15) is 37.6 Å². The highest BCUT2D eigenvalue weighted by atomic mass is 35.5. The molecule has 2 aromatic carbocycles. The van der Waals surface area contributed by atoms with E-state index in [1.165, 1.54) is 18.2 Å². The van der Waals surface area contributed by atoms with E-state index in [1.54, 1.807) is 0 Å². The van der Waals surface area contributed by atoms with Gasteiger partial charge in [-0.1, -0.05) is 55.3 Å². The fourth-order valence-corrected chi connectivity index (χ4v) is 2.97. The number of carbonyl (C=O) groups is 1. The van der Waals surface area contributed by atoms with E-state index in [-0.39, 0.29) is 0 Å². The van der Waals surface area contributed by atoms with Crippen molar-refractivity contribution in [2.24, 2.45) is 0 Å². The fourth-order valence-electron chi connectivity index (χ4n) is 2.85. The van der Waals surface area contributed by atoms with Crippen LogP contribution in [-0.4, -0.2) is 37.0 Å². The highest BCUT2D eigenvalue weighted by Crippen LogP contribution is 2.30. The molecular formula is C24H33ClN4O2. The van der Waals surface area contributed by atoms with E-state index in [2.05, 4.69) is 53.5 Å². The van der Waals surface area contributed by atoms with Crippen LogP contribution >= 0.6 is 11.6 Å². The maximum Gasteiger partial charge on any atom is 0.292 e. The van der Waals surface area contributed by atoms with Crippen LogP contribution in [0.4, 0.5) is 11.5 Å². The van der Waals surface area contributed by atoms with E-state index >= 15 is 0 Å². The molecule has 0 saturated heterocycles. The van der Waals surface area contributed by atoms with Crippen molar-refractivity contribution in [2.45, 2.75) is 34.1 Å². The monoisotopic (exact) mass is 444 g/mol. The molecule has 0 aliphatic carbocycles. The largest absolute Gasteiger partial charge is 0.471 e. The van der Waals surface area contributed by atoms with E-state index < -0.39 is 0 Å². The molecule has 3 rings (SSSR count). The Balaban J connectivity index is 0.000000720. The second-order valence-corrected chi connectivity index (χ2v) is 6.77. The molecule has 6 nitrogen and oxygen atoms in total. The summed E-state index contributed by atoms with van der Waals surface area (Å²) in [6.07, 6.45) is 0.773. The second-order valence-electron chi connectivity index (χ2n) is 6.33. The van der Waals surface area contributed by atoms with Crippen LogP contribution in [0.25, 0.3) is 5.69 Å². The second kappa shape index (κ2) is 14.1. The molecule has 1 heterocycles. The zero-order valence-electron chi connectivity index (χ0n) is 19.2. The average Bonchev–Trinajstić information content (AvgIpc) is 3.14. The number of nitrogens with zero attached hydrogens (tertiary/aromatic N) is 2. The molecule has 168 valence electrons. The Bertz CT molecular complexity index is 907. The van der Waals surface area contributed by atoms with Gasteiger partial charge in [0.2, 0.25) is 0 Å². The first-order chi connectivity index (χ1) is 15.0. The van der Waals surface area contributed by atoms with Gasteiger partial charge in [0.25, 0.3) is 6.47 Å². The highest BCUT2D eigenvalue weighted by Gasteiger charge is 2.18. The molecule has 0 spiro atoms. The first-order valence-electron chi connectivity index (χ1n) is 10.3. The van der Waals surface area contributed by atoms with Crippen molar-refractivity contribution in [2.75, 3.05) is 31.3 Å². The molecule has 0 atom stereocenters. The van der Waals surface area contributed by atoms with E-state index in [4.69, 9.17) is 21.5 Å². The van der Waals surface area contributed by atoms with Gasteiger partial charge in [-0.05, 0) is 43.7 Å². The van der Waals surface area contributed by atoms with E-state index in [9.17, 15) is 0 Å². The number of methoxy groups -OCH3 is 1. The smallest absolute Gasteiger partial charge is 0.292 e. The number of benzene rings is 2. The quantitative estimate of drug-likeness (QED) is 0.456. The van der Waals surface area contributed by atoms with Gasteiger partial charge in [0.15, 0.2) is 5.82 Å². The third-order valence-corrected chi connectivity index (χ3v) is 4.46. The minimum Gasteiger partial charge on any atom is -0.471 e. The summed E-state index contributed by atoms with van der Waals surface area (Å²) < 4.78 is 5.80. The molecule has 0 aliphatic rings. The Morgan fingerprint density at radius 3 is 2.16 bits per heavy atom. The van der Waals surface area contributed by atoms with Crippen molar-refractivity contribution in [3.05, 3.63) is 70.4 Å². The predicted octanol–water partition coefficient (Wildman–Crippen LogP) is 5.71. The standard InChI is InChI=1S/C20H23ClN4.C2H4O2.C2H6/c1-4-23-20-19(22-3)18(13-15-7-5-14(2)6-8-15)24-25(20)17-11-9-16(21)10-12-17;1-4-2-3;1-2/h5-12,22-23H,4,13H2,1-3H3;2H,1H3;1-2H3. The molecule has 3 aromatic rings. The van der Waals surface area contributed by atoms with Gasteiger partial charge >= 0.3 is 0 Å². The maximum atomic E-state index is 8.95. The van der Waals surface area contributed by atoms with Gasteiger partial charge in [0, 0.05) is 25.0 Å². The molecule has 31 heavy (non-hydrogen) atoms. The number of aryl methyl sites for hydroxylation is 1. The number of nitrogens with one attached hydrogen (secondary N) is 2. The van der Waals surface area contributed by atoms with Crippen LogP contribution in [0.15, 0.2) is 48.5 Å². The van der Waals surface area contributed by atoms with Gasteiger partial charge in [-0.15, -0.1) is 0 Å². The highest BCUT2D eigenvalue weighted by molar-refractivity contribution is 6.30. The molecule has 7 heteroatoms. The Hall–Kier alpha value is -2.99. The minimum absolute atomic E-state index is 0.375. The van der Waals surface area contributed by atoms with Crippen LogP contribution in [0.2, 0.25) is 5.02 Å². The Kier molecular flexibility index (Phi) is 11.8. The summed E-state index contributed by atoms with van der Waals surface area (Å²) in [7, 11) is 3.25. The minimum atomic E-state index is 0.375. The molecule has 0 saturated carbocycles. The first kappa shape index (κ1) is 26.0. The number of carbonyl (C=O) groups excluding carboxylic acids is 1. The SMILES string of the molecule is CC.CCNc1c(NC)c(Cc2ccc(C)cc2)nn1-c1ccc(Cl)cc1.COC=O. The number of ether oxygens (including phenoxy) is 1. The van der Waals surface area contributed by atoms with Crippen LogP contribution in [0, 0.1) is 6.92 Å². The fraction of sp³-hybridized carbons (Fsp3) is 0.333. The summed E-state index contributed by atoms with van der Waals surface area (Å²) >= 11 is 6.03. The number of halogens is 1. The lowest BCUT2D eigenvalue weighted by atomic mass is 10.1. The summed E-state index contributed by atoms with van der Waals surface area (Å²) in [6.45, 7) is 9.37. The molecule has 0 radical (unpaired) electrons. The molecule has 0 fully saturated rings. The van der Waals surface area contributed by atoms with Gasteiger partial charge in [0.1, 0.15) is 5.69 Å². The van der Waals surface area contributed by atoms with Crippen molar-refractivity contribution in [1.82, 2.24) is 9.78 Å². The van der Waals surface area contributed by atoms with Crippen molar-refractivity contribution in [3.63, 3.8) is 0 Å². The van der Waals surface area contributed by atoms with Crippen molar-refractivity contribution in [3.8, 4) is 5.69 Å². The zero-order chi connectivity index (χ0) is 23.2. The van der Waals surface area contributed by atoms with Gasteiger partial charge in [-0.25, -0.2) is 4.68 Å². The summed E-state index contributed by atoms with van der Waals surface area (Å²) in [4.78, 5) is 8.95. The number of rotatable bonds is 7.